The van der Waals surface area contributed by atoms with Gasteiger partial charge in [-0.15, -0.1) is 10.2 Å². The standard InChI is InChI=1S/C8HN17/c9-21-14-2-1-3(15-22-10)6(16-23-11)5-4(2)7(19-24-12)17-18-8(5)20-25-13/h1H. The summed E-state index contributed by atoms with van der Waals surface area (Å²) >= 11 is 0. The van der Waals surface area contributed by atoms with E-state index < -0.39 is 0 Å². The van der Waals surface area contributed by atoms with Gasteiger partial charge in [-0.25, -0.2) is 0 Å². The molecule has 1 heterocycles. The van der Waals surface area contributed by atoms with Gasteiger partial charge in [0.15, 0.2) is 11.6 Å². The first-order chi connectivity index (χ1) is 12.2. The topological polar surface area (TPSA) is 270 Å². The minimum absolute atomic E-state index is 0.104. The van der Waals surface area contributed by atoms with E-state index in [1.54, 1.807) is 0 Å². The van der Waals surface area contributed by atoms with E-state index >= 15 is 0 Å². The Morgan fingerprint density at radius 1 is 0.600 bits per heavy atom. The Morgan fingerprint density at radius 2 is 1.08 bits per heavy atom. The van der Waals surface area contributed by atoms with Gasteiger partial charge < -0.3 is 0 Å². The maximum atomic E-state index is 8.76. The molecule has 0 radical (unpaired) electrons. The van der Waals surface area contributed by atoms with Crippen molar-refractivity contribution in [1.29, 1.82) is 0 Å². The molecule has 0 saturated carbocycles. The van der Waals surface area contributed by atoms with E-state index in [1.807, 2.05) is 0 Å². The molecule has 17 heteroatoms. The van der Waals surface area contributed by atoms with Gasteiger partial charge in [0.2, 0.25) is 0 Å². The Kier molecular flexibility index (Phi) is 4.88. The number of hydrogen-bond acceptors (Lipinski definition) is 7. The molecule has 2 aromatic rings. The monoisotopic (exact) mass is 335 g/mol. The Bertz CT molecular complexity index is 1110. The lowest BCUT2D eigenvalue weighted by Gasteiger charge is -2.11. The molecule has 0 N–H and O–H groups in total. The number of hydrogen-bond donors (Lipinski definition) is 0. The molecule has 118 valence electrons. The molecule has 0 spiro atoms. The molecule has 25 heavy (non-hydrogen) atoms. The van der Waals surface area contributed by atoms with Crippen LogP contribution in [0.4, 0.5) is 28.7 Å². The highest BCUT2D eigenvalue weighted by atomic mass is 15.3. The molecule has 0 aliphatic carbocycles. The largest absolute Gasteiger partial charge is 0.157 e. The summed E-state index contributed by atoms with van der Waals surface area (Å²) in [5.74, 6) is -0.708. The van der Waals surface area contributed by atoms with Crippen molar-refractivity contribution in [2.75, 3.05) is 0 Å². The second-order valence-electron chi connectivity index (χ2n) is 3.81. The van der Waals surface area contributed by atoms with E-state index in [-0.39, 0.29) is 39.5 Å². The quantitative estimate of drug-likeness (QED) is 0.343. The summed E-state index contributed by atoms with van der Waals surface area (Å²) in [6, 6.07) is 1.09. The Balaban J connectivity index is 3.30. The van der Waals surface area contributed by atoms with Crippen LogP contribution in [0.25, 0.3) is 63.0 Å². The van der Waals surface area contributed by atoms with Crippen molar-refractivity contribution in [3.05, 3.63) is 58.3 Å². The lowest BCUT2D eigenvalue weighted by Crippen LogP contribution is -1.87. The van der Waals surface area contributed by atoms with Crippen molar-refractivity contribution >= 4 is 39.5 Å². The smallest absolute Gasteiger partial charge is 0.148 e. The third-order valence-corrected chi connectivity index (χ3v) is 2.67. The van der Waals surface area contributed by atoms with Gasteiger partial charge in [0.05, 0.1) is 5.69 Å². The van der Waals surface area contributed by atoms with Crippen molar-refractivity contribution in [3.63, 3.8) is 0 Å². The van der Waals surface area contributed by atoms with Crippen molar-refractivity contribution in [3.8, 4) is 0 Å². The fourth-order valence-electron chi connectivity index (χ4n) is 1.91. The maximum absolute atomic E-state index is 8.76. The van der Waals surface area contributed by atoms with Crippen LogP contribution in [0.1, 0.15) is 0 Å². The first-order valence-corrected chi connectivity index (χ1v) is 5.84. The SMILES string of the molecule is [N-]=[N+]=Nc1cc(N=[N+]=[N-])c2c(N=[N+]=[N-])nnc(N=[N+]=[N-])c2c1N=[N+]=[N-]. The Labute approximate surface area is 134 Å². The molecule has 0 saturated heterocycles. The number of azide groups is 5. The summed E-state index contributed by atoms with van der Waals surface area (Å²) < 4.78 is 0. The van der Waals surface area contributed by atoms with Crippen LogP contribution < -0.4 is 0 Å². The normalized spacial score (nSPS) is 8.80. The van der Waals surface area contributed by atoms with Crippen molar-refractivity contribution < 1.29 is 0 Å². The molecule has 2 rings (SSSR count). The minimum atomic E-state index is -0.374. The van der Waals surface area contributed by atoms with E-state index in [1.165, 1.54) is 0 Å². The second kappa shape index (κ2) is 7.40. The zero-order chi connectivity index (χ0) is 18.2. The predicted molar refractivity (Wildman–Crippen MR) is 83.6 cm³/mol. The zero-order valence-corrected chi connectivity index (χ0v) is 11.7. The number of rotatable bonds is 5. The van der Waals surface area contributed by atoms with Gasteiger partial charge in [-0.1, -0.05) is 15.3 Å². The average Bonchev–Trinajstić information content (AvgIpc) is 2.60. The first-order valence-electron chi connectivity index (χ1n) is 5.84. The van der Waals surface area contributed by atoms with Gasteiger partial charge in [-0.2, -0.15) is 0 Å². The van der Waals surface area contributed by atoms with Gasteiger partial charge in [-0.05, 0) is 44.0 Å². The second-order valence-corrected chi connectivity index (χ2v) is 3.81. The van der Waals surface area contributed by atoms with E-state index in [0.29, 0.717) is 0 Å². The highest BCUT2D eigenvalue weighted by molar-refractivity contribution is 6.12. The zero-order valence-electron chi connectivity index (χ0n) is 11.7. The molecular formula is C8HN17. The molecule has 1 aromatic carbocycles. The van der Waals surface area contributed by atoms with Crippen LogP contribution in [0.3, 0.4) is 0 Å². The highest BCUT2D eigenvalue weighted by Gasteiger charge is 2.18. The first kappa shape index (κ1) is 16.5. The molecule has 1 aromatic heterocycles. The van der Waals surface area contributed by atoms with Crippen molar-refractivity contribution in [1.82, 2.24) is 10.2 Å². The molecule has 0 atom stereocenters. The lowest BCUT2D eigenvalue weighted by molar-refractivity contribution is 1.03. The van der Waals surface area contributed by atoms with Crippen LogP contribution in [0.5, 0.6) is 0 Å². The summed E-state index contributed by atoms with van der Waals surface area (Å²) in [5, 5.41) is 23.6. The van der Waals surface area contributed by atoms with Crippen LogP contribution >= 0.6 is 0 Å². The number of benzene rings is 1. The summed E-state index contributed by atoms with van der Waals surface area (Å²) in [6.07, 6.45) is 0. The van der Waals surface area contributed by atoms with Crippen molar-refractivity contribution in [2.45, 2.75) is 0 Å². The third kappa shape index (κ3) is 3.01. The fourth-order valence-corrected chi connectivity index (χ4v) is 1.91. The molecule has 0 bridgehead atoms. The minimum Gasteiger partial charge on any atom is -0.148 e. The van der Waals surface area contributed by atoms with Crippen LogP contribution in [0.15, 0.2) is 31.6 Å². The molecule has 0 fully saturated rings. The molecule has 0 unspecified atom stereocenters. The molecule has 0 aliphatic heterocycles. The van der Waals surface area contributed by atoms with Crippen LogP contribution in [-0.2, 0) is 0 Å². The molecule has 0 aliphatic rings. The molecule has 17 nitrogen and oxygen atoms in total. The van der Waals surface area contributed by atoms with Gasteiger partial charge in [0.1, 0.15) is 0 Å². The van der Waals surface area contributed by atoms with Crippen LogP contribution in [0.2, 0.25) is 0 Å². The van der Waals surface area contributed by atoms with Gasteiger partial charge in [-0.3, -0.25) is 0 Å². The van der Waals surface area contributed by atoms with E-state index in [9.17, 15) is 0 Å². The maximum Gasteiger partial charge on any atom is 0.157 e. The van der Waals surface area contributed by atoms with E-state index in [4.69, 9.17) is 27.7 Å². The summed E-state index contributed by atoms with van der Waals surface area (Å²) in [6.45, 7) is 0. The summed E-state index contributed by atoms with van der Waals surface area (Å²) in [7, 11) is 0. The van der Waals surface area contributed by atoms with Gasteiger partial charge in [0.25, 0.3) is 0 Å². The summed E-state index contributed by atoms with van der Waals surface area (Å²) in [4.78, 5) is 12.9. The van der Waals surface area contributed by atoms with Crippen LogP contribution in [-0.4, -0.2) is 10.2 Å². The predicted octanol–water partition coefficient (Wildman–Crippen LogP) is 6.34. The third-order valence-electron chi connectivity index (χ3n) is 2.67. The number of nitrogens with zero attached hydrogens (tertiary/aromatic N) is 17. The van der Waals surface area contributed by atoms with E-state index in [2.05, 4.69) is 60.3 Å². The highest BCUT2D eigenvalue weighted by Crippen LogP contribution is 2.48. The fraction of sp³-hybridized carbons (Fsp3) is 0. The number of aromatic nitrogens is 2. The lowest BCUT2D eigenvalue weighted by atomic mass is 10.1. The van der Waals surface area contributed by atoms with Gasteiger partial charge in [0, 0.05) is 46.7 Å². The van der Waals surface area contributed by atoms with Crippen LogP contribution in [0, 0.1) is 0 Å². The average molecular weight is 335 g/mol. The molecular weight excluding hydrogens is 334 g/mol. The van der Waals surface area contributed by atoms with E-state index in [0.717, 1.165) is 6.07 Å². The van der Waals surface area contributed by atoms with Gasteiger partial charge >= 0.3 is 0 Å². The Morgan fingerprint density at radius 3 is 1.60 bits per heavy atom. The Hall–Kier alpha value is -4.89. The van der Waals surface area contributed by atoms with Crippen molar-refractivity contribution in [2.24, 2.45) is 25.6 Å². The summed E-state index contributed by atoms with van der Waals surface area (Å²) in [5.41, 5.74) is 42.7. The number of fused-ring (bicyclic) bond motifs is 1. The molecule has 0 amide bonds.